The molecule has 0 unspecified atom stereocenters. The number of hydrogen-bond acceptors (Lipinski definition) is 7. The van der Waals surface area contributed by atoms with E-state index in [-0.39, 0.29) is 21.7 Å². The zero-order valence-corrected chi connectivity index (χ0v) is 17.7. The van der Waals surface area contributed by atoms with Gasteiger partial charge >= 0.3 is 0 Å². The van der Waals surface area contributed by atoms with Crippen molar-refractivity contribution in [3.63, 3.8) is 0 Å². The van der Waals surface area contributed by atoms with E-state index >= 15 is 0 Å². The summed E-state index contributed by atoms with van der Waals surface area (Å²) in [6.45, 7) is 0. The van der Waals surface area contributed by atoms with E-state index in [1.165, 1.54) is 12.1 Å². The summed E-state index contributed by atoms with van der Waals surface area (Å²) in [6, 6.07) is 22.2. The van der Waals surface area contributed by atoms with Crippen LogP contribution in [0.2, 0.25) is 0 Å². The lowest BCUT2D eigenvalue weighted by atomic mass is 10.2. The van der Waals surface area contributed by atoms with Gasteiger partial charge in [0.2, 0.25) is 26.6 Å². The van der Waals surface area contributed by atoms with Crippen LogP contribution in [0.5, 0.6) is 11.5 Å². The van der Waals surface area contributed by atoms with E-state index in [2.05, 4.69) is 10.3 Å². The van der Waals surface area contributed by atoms with Gasteiger partial charge in [0, 0.05) is 17.3 Å². The molecule has 0 bridgehead atoms. The summed E-state index contributed by atoms with van der Waals surface area (Å²) in [7, 11) is -0.802. The van der Waals surface area contributed by atoms with Gasteiger partial charge in [0.25, 0.3) is 0 Å². The first-order chi connectivity index (χ1) is 15.0. The van der Waals surface area contributed by atoms with Crippen molar-refractivity contribution in [2.45, 2.75) is 9.92 Å². The number of nitrogens with zero attached hydrogens (tertiary/aromatic N) is 1. The van der Waals surface area contributed by atoms with Gasteiger partial charge in [0.1, 0.15) is 11.5 Å². The quantitative estimate of drug-likeness (QED) is 0.439. The summed E-state index contributed by atoms with van der Waals surface area (Å²) in [5, 5.41) is 2.82. The molecule has 0 atom stereocenters. The van der Waals surface area contributed by atoms with Gasteiger partial charge in [0.05, 0.1) is 19.1 Å². The monoisotopic (exact) mass is 436 g/mol. The number of methoxy groups -OCH3 is 2. The molecule has 0 aliphatic rings. The number of aromatic nitrogens is 1. The number of hydrogen-bond donors (Lipinski definition) is 1. The van der Waals surface area contributed by atoms with Gasteiger partial charge in [-0.3, -0.25) is 0 Å². The zero-order valence-electron chi connectivity index (χ0n) is 16.9. The Bertz CT molecular complexity index is 1280. The van der Waals surface area contributed by atoms with E-state index in [0.29, 0.717) is 22.7 Å². The minimum atomic E-state index is -3.93. The van der Waals surface area contributed by atoms with Crippen molar-refractivity contribution in [2.24, 2.45) is 0 Å². The van der Waals surface area contributed by atoms with Gasteiger partial charge in [-0.2, -0.15) is 4.98 Å². The fraction of sp³-hybridized carbons (Fsp3) is 0.0870. The Hall–Kier alpha value is -3.78. The van der Waals surface area contributed by atoms with Gasteiger partial charge in [-0.05, 0) is 48.5 Å². The normalized spacial score (nSPS) is 11.2. The largest absolute Gasteiger partial charge is 0.497 e. The number of oxazole rings is 1. The first-order valence-electron chi connectivity index (χ1n) is 9.38. The highest BCUT2D eigenvalue weighted by atomic mass is 32.2. The van der Waals surface area contributed by atoms with Crippen molar-refractivity contribution >= 4 is 21.4 Å². The molecule has 0 aliphatic heterocycles. The molecular weight excluding hydrogens is 416 g/mol. The Labute approximate surface area is 180 Å². The Morgan fingerprint density at radius 2 is 1.55 bits per heavy atom. The SMILES string of the molecule is COc1ccc(-c2nc(S(=O)(=O)c3ccccc3)c(Nc3cccc(OC)c3)o2)cc1. The molecule has 1 N–H and O–H groups in total. The second-order valence-electron chi connectivity index (χ2n) is 6.56. The average Bonchev–Trinajstić information content (AvgIpc) is 3.24. The highest BCUT2D eigenvalue weighted by Crippen LogP contribution is 2.35. The number of ether oxygens (including phenoxy) is 2. The summed E-state index contributed by atoms with van der Waals surface area (Å²) >= 11 is 0. The summed E-state index contributed by atoms with van der Waals surface area (Å²) in [4.78, 5) is 4.46. The molecule has 0 fully saturated rings. The molecule has 158 valence electrons. The topological polar surface area (TPSA) is 90.7 Å². The van der Waals surface area contributed by atoms with Crippen LogP contribution in [0.3, 0.4) is 0 Å². The molecule has 31 heavy (non-hydrogen) atoms. The predicted octanol–water partition coefficient (Wildman–Crippen LogP) is 4.94. The fourth-order valence-electron chi connectivity index (χ4n) is 2.97. The van der Waals surface area contributed by atoms with E-state index in [1.807, 2.05) is 0 Å². The molecule has 1 heterocycles. The molecule has 0 amide bonds. The molecule has 7 nitrogen and oxygen atoms in total. The van der Waals surface area contributed by atoms with Crippen LogP contribution in [0.25, 0.3) is 11.5 Å². The van der Waals surface area contributed by atoms with Crippen LogP contribution in [0.1, 0.15) is 0 Å². The van der Waals surface area contributed by atoms with Crippen molar-refractivity contribution in [1.82, 2.24) is 4.98 Å². The summed E-state index contributed by atoms with van der Waals surface area (Å²) in [5.41, 5.74) is 1.21. The highest BCUT2D eigenvalue weighted by Gasteiger charge is 2.28. The first-order valence-corrected chi connectivity index (χ1v) is 10.9. The van der Waals surface area contributed by atoms with E-state index in [1.54, 1.807) is 80.9 Å². The zero-order chi connectivity index (χ0) is 21.8. The Balaban J connectivity index is 1.82. The average molecular weight is 436 g/mol. The first kappa shape index (κ1) is 20.5. The predicted molar refractivity (Wildman–Crippen MR) is 117 cm³/mol. The number of rotatable bonds is 7. The number of anilines is 2. The fourth-order valence-corrected chi connectivity index (χ4v) is 4.25. The number of sulfone groups is 1. The van der Waals surface area contributed by atoms with E-state index < -0.39 is 9.84 Å². The summed E-state index contributed by atoms with van der Waals surface area (Å²) in [5.74, 6) is 1.47. The lowest BCUT2D eigenvalue weighted by Gasteiger charge is -2.07. The molecule has 0 saturated heterocycles. The molecule has 3 aromatic carbocycles. The van der Waals surface area contributed by atoms with E-state index in [4.69, 9.17) is 13.9 Å². The van der Waals surface area contributed by atoms with Crippen molar-refractivity contribution in [2.75, 3.05) is 19.5 Å². The van der Waals surface area contributed by atoms with Crippen LogP contribution in [0.4, 0.5) is 11.6 Å². The van der Waals surface area contributed by atoms with Crippen LogP contribution in [0.15, 0.2) is 93.2 Å². The van der Waals surface area contributed by atoms with Gasteiger partial charge < -0.3 is 19.2 Å². The molecule has 4 rings (SSSR count). The Morgan fingerprint density at radius 3 is 2.23 bits per heavy atom. The maximum absolute atomic E-state index is 13.3. The van der Waals surface area contributed by atoms with Crippen LogP contribution >= 0.6 is 0 Å². The lowest BCUT2D eigenvalue weighted by molar-refractivity contribution is 0.415. The van der Waals surface area contributed by atoms with Gasteiger partial charge in [0.15, 0.2) is 0 Å². The second-order valence-corrected chi connectivity index (χ2v) is 8.42. The molecule has 8 heteroatoms. The van der Waals surface area contributed by atoms with Crippen molar-refractivity contribution < 1.29 is 22.3 Å². The molecule has 0 radical (unpaired) electrons. The number of nitrogens with one attached hydrogen (secondary N) is 1. The van der Waals surface area contributed by atoms with Crippen LogP contribution < -0.4 is 14.8 Å². The number of benzene rings is 3. The maximum Gasteiger partial charge on any atom is 0.238 e. The summed E-state index contributed by atoms with van der Waals surface area (Å²) < 4.78 is 42.9. The van der Waals surface area contributed by atoms with Crippen LogP contribution in [0, 0.1) is 0 Å². The standard InChI is InChI=1S/C23H20N2O5S/c1-28-18-13-11-16(12-14-18)21-25-23(31(26,27)20-9-4-3-5-10-20)22(30-21)24-17-7-6-8-19(15-17)29-2/h3-15,24H,1-2H3. The molecule has 0 aliphatic carbocycles. The molecule has 1 aromatic heterocycles. The molecule has 0 saturated carbocycles. The molecular formula is C23H20N2O5S. The van der Waals surface area contributed by atoms with Crippen LogP contribution in [-0.2, 0) is 9.84 Å². The Morgan fingerprint density at radius 1 is 0.839 bits per heavy atom. The van der Waals surface area contributed by atoms with Crippen LogP contribution in [-0.4, -0.2) is 27.6 Å². The van der Waals surface area contributed by atoms with Crippen molar-refractivity contribution in [3.8, 4) is 23.0 Å². The van der Waals surface area contributed by atoms with Crippen molar-refractivity contribution in [1.29, 1.82) is 0 Å². The maximum atomic E-state index is 13.3. The highest BCUT2D eigenvalue weighted by molar-refractivity contribution is 7.91. The summed E-state index contributed by atoms with van der Waals surface area (Å²) in [6.07, 6.45) is 0. The minimum absolute atomic E-state index is 0.0166. The molecule has 4 aromatic rings. The van der Waals surface area contributed by atoms with E-state index in [0.717, 1.165) is 0 Å². The van der Waals surface area contributed by atoms with Gasteiger partial charge in [-0.25, -0.2) is 8.42 Å². The minimum Gasteiger partial charge on any atom is -0.497 e. The van der Waals surface area contributed by atoms with Crippen molar-refractivity contribution in [3.05, 3.63) is 78.9 Å². The molecule has 0 spiro atoms. The third kappa shape index (κ3) is 4.24. The Kier molecular flexibility index (Phi) is 5.64. The smallest absolute Gasteiger partial charge is 0.238 e. The second kappa shape index (κ2) is 8.53. The third-order valence-corrected chi connectivity index (χ3v) is 6.25. The van der Waals surface area contributed by atoms with Gasteiger partial charge in [-0.1, -0.05) is 24.3 Å². The third-order valence-electron chi connectivity index (χ3n) is 4.57. The van der Waals surface area contributed by atoms with E-state index in [9.17, 15) is 8.42 Å². The van der Waals surface area contributed by atoms with Gasteiger partial charge in [-0.15, -0.1) is 0 Å². The lowest BCUT2D eigenvalue weighted by Crippen LogP contribution is -2.05.